The van der Waals surface area contributed by atoms with E-state index in [-0.39, 0.29) is 30.4 Å². The molecular formula is C18H23Cl2N3O. The Hall–Kier alpha value is -1.59. The zero-order valence-electron chi connectivity index (χ0n) is 13.5. The fraction of sp³-hybridized carbons (Fsp3) is 0.278. The molecule has 1 aliphatic heterocycles. The predicted octanol–water partition coefficient (Wildman–Crippen LogP) is -5.83. The van der Waals surface area contributed by atoms with Crippen LogP contribution in [0.3, 0.4) is 0 Å². The Morgan fingerprint density at radius 2 is 1.92 bits per heavy atom. The van der Waals surface area contributed by atoms with Gasteiger partial charge in [-0.15, -0.1) is 0 Å². The summed E-state index contributed by atoms with van der Waals surface area (Å²) >= 11 is 0. The third kappa shape index (κ3) is 5.21. The van der Waals surface area contributed by atoms with E-state index in [0.29, 0.717) is 5.69 Å². The van der Waals surface area contributed by atoms with Crippen molar-refractivity contribution in [3.63, 3.8) is 0 Å². The molecule has 0 amide bonds. The number of quaternary nitrogens is 2. The first-order chi connectivity index (χ1) is 10.7. The van der Waals surface area contributed by atoms with Gasteiger partial charge in [-0.1, -0.05) is 30.3 Å². The van der Waals surface area contributed by atoms with E-state index in [1.54, 1.807) is 11.1 Å². The quantitative estimate of drug-likeness (QED) is 0.495. The number of hydrogen-bond donors (Lipinski definition) is 3. The van der Waals surface area contributed by atoms with E-state index < -0.39 is 0 Å². The number of aromatic nitrogens is 1. The van der Waals surface area contributed by atoms with Crippen LogP contribution in [0.15, 0.2) is 53.5 Å². The van der Waals surface area contributed by atoms with E-state index >= 15 is 0 Å². The van der Waals surface area contributed by atoms with Crippen LogP contribution in [0.5, 0.6) is 0 Å². The number of benzene rings is 1. The van der Waals surface area contributed by atoms with Crippen molar-refractivity contribution in [3.05, 3.63) is 70.2 Å². The summed E-state index contributed by atoms with van der Waals surface area (Å²) < 4.78 is 0. The molecule has 6 heteroatoms. The molecule has 0 saturated heterocycles. The molecule has 5 N–H and O–H groups in total. The van der Waals surface area contributed by atoms with Gasteiger partial charge >= 0.3 is 5.56 Å². The molecule has 4 nitrogen and oxygen atoms in total. The van der Waals surface area contributed by atoms with Crippen molar-refractivity contribution in [2.75, 3.05) is 19.6 Å². The van der Waals surface area contributed by atoms with E-state index in [2.05, 4.69) is 47.1 Å². The van der Waals surface area contributed by atoms with Crippen LogP contribution in [0.4, 0.5) is 5.69 Å². The molecule has 0 fully saturated rings. The van der Waals surface area contributed by atoms with Gasteiger partial charge in [0, 0.05) is 25.1 Å². The Kier molecular flexibility index (Phi) is 8.22. The first kappa shape index (κ1) is 20.5. The van der Waals surface area contributed by atoms with Crippen molar-refractivity contribution in [1.29, 1.82) is 0 Å². The molecule has 0 saturated carbocycles. The van der Waals surface area contributed by atoms with Gasteiger partial charge in [0.15, 0.2) is 5.69 Å². The van der Waals surface area contributed by atoms with Gasteiger partial charge in [-0.25, -0.2) is 0 Å². The van der Waals surface area contributed by atoms with Crippen molar-refractivity contribution >= 4 is 11.3 Å². The lowest BCUT2D eigenvalue weighted by Gasteiger charge is -2.23. The Bertz CT molecular complexity index is 729. The average Bonchev–Trinajstić information content (AvgIpc) is 2.57. The number of halogens is 2. The summed E-state index contributed by atoms with van der Waals surface area (Å²) in [5.41, 5.74) is 8.05. The molecular weight excluding hydrogens is 345 g/mol. The van der Waals surface area contributed by atoms with Gasteiger partial charge in [0.1, 0.15) is 0 Å². The maximum atomic E-state index is 11.4. The van der Waals surface area contributed by atoms with Crippen molar-refractivity contribution in [2.45, 2.75) is 12.8 Å². The van der Waals surface area contributed by atoms with Gasteiger partial charge < -0.3 is 40.4 Å². The Labute approximate surface area is 154 Å². The molecule has 2 heterocycles. The molecule has 1 aromatic carbocycles. The number of aromatic amines is 1. The highest BCUT2D eigenvalue weighted by atomic mass is 35.5. The standard InChI is InChI=1S/C18H21N3O.2ClH/c19-17-12-16(13-20-18(17)22)15-7-10-21(11-8-15)9-6-14-4-2-1-3-5-14;;/h1-5,7,12-13H,6,8-11,19H2,(H,20,22);2*1H. The lowest BCUT2D eigenvalue weighted by Crippen LogP contribution is -3.12. The summed E-state index contributed by atoms with van der Waals surface area (Å²) in [6.07, 6.45) is 6.28. The lowest BCUT2D eigenvalue weighted by molar-refractivity contribution is -0.894. The van der Waals surface area contributed by atoms with Crippen LogP contribution in [0, 0.1) is 0 Å². The summed E-state index contributed by atoms with van der Waals surface area (Å²) in [5, 5.41) is 0. The molecule has 0 aliphatic carbocycles. The highest BCUT2D eigenvalue weighted by Crippen LogP contribution is 2.17. The molecule has 1 aromatic heterocycles. The van der Waals surface area contributed by atoms with E-state index in [4.69, 9.17) is 0 Å². The largest absolute Gasteiger partial charge is 1.00 e. The number of hydrogen-bond acceptors (Lipinski definition) is 1. The fourth-order valence-electron chi connectivity index (χ4n) is 2.95. The summed E-state index contributed by atoms with van der Waals surface area (Å²) in [7, 11) is 0. The average molecular weight is 368 g/mol. The molecule has 1 atom stereocenters. The van der Waals surface area contributed by atoms with Crippen LogP contribution in [-0.2, 0) is 6.42 Å². The molecule has 0 bridgehead atoms. The number of rotatable bonds is 4. The van der Waals surface area contributed by atoms with Crippen LogP contribution in [0.2, 0.25) is 0 Å². The second-order valence-electron chi connectivity index (χ2n) is 5.91. The van der Waals surface area contributed by atoms with Gasteiger partial charge in [0.2, 0.25) is 0 Å². The van der Waals surface area contributed by atoms with Crippen LogP contribution < -0.4 is 41.0 Å². The smallest absolute Gasteiger partial charge is 0.309 e. The normalized spacial score (nSPS) is 16.5. The minimum atomic E-state index is -0.102. The Morgan fingerprint density at radius 3 is 2.54 bits per heavy atom. The summed E-state index contributed by atoms with van der Waals surface area (Å²) in [6.45, 7) is 3.36. The second kappa shape index (κ2) is 9.64. The third-order valence-electron chi connectivity index (χ3n) is 4.35. The Balaban J connectivity index is 0.00000144. The van der Waals surface area contributed by atoms with Crippen LogP contribution >= 0.6 is 0 Å². The molecule has 0 spiro atoms. The van der Waals surface area contributed by atoms with Gasteiger partial charge in [-0.2, -0.15) is 0 Å². The first-order valence-corrected chi connectivity index (χ1v) is 7.84. The highest BCUT2D eigenvalue weighted by molar-refractivity contribution is 5.66. The maximum absolute atomic E-state index is 11.4. The molecule has 130 valence electrons. The summed E-state index contributed by atoms with van der Waals surface area (Å²) in [5.74, 6) is 0. The fourth-order valence-corrected chi connectivity index (χ4v) is 2.95. The van der Waals surface area contributed by atoms with Gasteiger partial charge in [-0.3, -0.25) is 4.79 Å². The zero-order valence-corrected chi connectivity index (χ0v) is 15.0. The van der Waals surface area contributed by atoms with Crippen molar-refractivity contribution in [1.82, 2.24) is 4.98 Å². The third-order valence-corrected chi connectivity index (χ3v) is 4.35. The molecule has 1 unspecified atom stereocenters. The van der Waals surface area contributed by atoms with E-state index in [1.807, 2.05) is 6.07 Å². The van der Waals surface area contributed by atoms with E-state index in [1.165, 1.54) is 17.7 Å². The molecule has 3 rings (SSSR count). The minimum Gasteiger partial charge on any atom is -1.00 e. The molecule has 2 aromatic rings. The van der Waals surface area contributed by atoms with Crippen LogP contribution in [0.1, 0.15) is 17.5 Å². The predicted molar refractivity (Wildman–Crippen MR) is 87.9 cm³/mol. The Morgan fingerprint density at radius 1 is 1.17 bits per heavy atom. The van der Waals surface area contributed by atoms with Crippen LogP contribution in [-0.4, -0.2) is 24.6 Å². The van der Waals surface area contributed by atoms with E-state index in [0.717, 1.165) is 31.5 Å². The minimum absolute atomic E-state index is 0. The summed E-state index contributed by atoms with van der Waals surface area (Å²) in [4.78, 5) is 15.8. The van der Waals surface area contributed by atoms with E-state index in [9.17, 15) is 4.79 Å². The molecule has 1 aliphatic rings. The maximum Gasteiger partial charge on any atom is 0.309 e. The van der Waals surface area contributed by atoms with Gasteiger partial charge in [0.25, 0.3) is 0 Å². The first-order valence-electron chi connectivity index (χ1n) is 7.84. The number of pyridine rings is 1. The van der Waals surface area contributed by atoms with Crippen molar-refractivity contribution in [3.8, 4) is 0 Å². The SMILES string of the molecule is [Cl-].[Cl-].[NH3+]c1cc(C2=CC[NH+](CCc3ccccc3)CC2)c[nH]c1=O. The van der Waals surface area contributed by atoms with Crippen molar-refractivity contribution in [2.24, 2.45) is 0 Å². The zero-order chi connectivity index (χ0) is 15.4. The van der Waals surface area contributed by atoms with Crippen molar-refractivity contribution < 1.29 is 35.4 Å². The number of nitrogens with one attached hydrogen (secondary N) is 2. The topological polar surface area (TPSA) is 64.9 Å². The van der Waals surface area contributed by atoms with Gasteiger partial charge in [0.05, 0.1) is 19.6 Å². The van der Waals surface area contributed by atoms with Crippen LogP contribution in [0.25, 0.3) is 5.57 Å². The summed E-state index contributed by atoms with van der Waals surface area (Å²) in [6, 6.07) is 12.5. The molecule has 0 radical (unpaired) electrons. The monoisotopic (exact) mass is 367 g/mol. The highest BCUT2D eigenvalue weighted by Gasteiger charge is 2.16. The van der Waals surface area contributed by atoms with Gasteiger partial charge in [-0.05, 0) is 22.8 Å². The second-order valence-corrected chi connectivity index (χ2v) is 5.91. The number of H-pyrrole nitrogens is 1. The molecule has 24 heavy (non-hydrogen) atoms. The lowest BCUT2D eigenvalue weighted by atomic mass is 10.0.